The highest BCUT2D eigenvalue weighted by molar-refractivity contribution is 9.10. The highest BCUT2D eigenvalue weighted by Crippen LogP contribution is 2.24. The number of anilines is 1. The Hall–Kier alpha value is -1.99. The standard InChI is InChI=1S/C15H16BrN3O3/c1-9(14(22-2)10-3-5-11(16)6-4-10)19-13-8-17-12(7-18-13)15(20)21/h3-9,14H,1-2H3,(H,18,19)(H,20,21). The molecular weight excluding hydrogens is 350 g/mol. The number of carboxylic acid groups (broad SMARTS) is 1. The van der Waals surface area contributed by atoms with Crippen molar-refractivity contribution in [1.29, 1.82) is 0 Å². The molecule has 0 bridgehead atoms. The van der Waals surface area contributed by atoms with E-state index in [1.165, 1.54) is 12.4 Å². The van der Waals surface area contributed by atoms with Crippen molar-refractivity contribution < 1.29 is 14.6 Å². The Labute approximate surface area is 136 Å². The van der Waals surface area contributed by atoms with Crippen molar-refractivity contribution in [3.63, 3.8) is 0 Å². The molecular formula is C15H16BrN3O3. The molecule has 0 amide bonds. The minimum atomic E-state index is -1.10. The number of carbonyl (C=O) groups is 1. The van der Waals surface area contributed by atoms with Crippen LogP contribution in [0.3, 0.4) is 0 Å². The van der Waals surface area contributed by atoms with E-state index in [9.17, 15) is 4.79 Å². The second-order valence-electron chi connectivity index (χ2n) is 4.73. The third-order valence-corrected chi connectivity index (χ3v) is 3.68. The van der Waals surface area contributed by atoms with Crippen LogP contribution in [-0.2, 0) is 4.74 Å². The summed E-state index contributed by atoms with van der Waals surface area (Å²) in [5.74, 6) is -0.603. The molecule has 0 spiro atoms. The third-order valence-electron chi connectivity index (χ3n) is 3.15. The lowest BCUT2D eigenvalue weighted by atomic mass is 10.0. The highest BCUT2D eigenvalue weighted by Gasteiger charge is 2.19. The van der Waals surface area contributed by atoms with E-state index in [0.717, 1.165) is 10.0 Å². The summed E-state index contributed by atoms with van der Waals surface area (Å²) in [6.07, 6.45) is 2.45. The molecule has 1 aromatic carbocycles. The zero-order chi connectivity index (χ0) is 16.1. The molecule has 2 rings (SSSR count). The number of carboxylic acids is 1. The largest absolute Gasteiger partial charge is 0.476 e. The van der Waals surface area contributed by atoms with Crippen LogP contribution in [0, 0.1) is 0 Å². The fraction of sp³-hybridized carbons (Fsp3) is 0.267. The van der Waals surface area contributed by atoms with Crippen molar-refractivity contribution in [2.75, 3.05) is 12.4 Å². The third kappa shape index (κ3) is 4.02. The topological polar surface area (TPSA) is 84.3 Å². The van der Waals surface area contributed by atoms with E-state index in [-0.39, 0.29) is 17.8 Å². The van der Waals surface area contributed by atoms with Crippen molar-refractivity contribution in [3.8, 4) is 0 Å². The Bertz CT molecular complexity index is 631. The fourth-order valence-corrected chi connectivity index (χ4v) is 2.37. The van der Waals surface area contributed by atoms with Crippen molar-refractivity contribution >= 4 is 27.7 Å². The molecule has 7 heteroatoms. The molecule has 0 radical (unpaired) electrons. The summed E-state index contributed by atoms with van der Waals surface area (Å²) < 4.78 is 6.55. The van der Waals surface area contributed by atoms with Gasteiger partial charge < -0.3 is 15.2 Å². The molecule has 6 nitrogen and oxygen atoms in total. The minimum Gasteiger partial charge on any atom is -0.476 e. The van der Waals surface area contributed by atoms with E-state index in [1.54, 1.807) is 7.11 Å². The van der Waals surface area contributed by atoms with Gasteiger partial charge in [-0.15, -0.1) is 0 Å². The molecule has 2 N–H and O–H groups in total. The number of benzene rings is 1. The Morgan fingerprint density at radius 1 is 1.27 bits per heavy atom. The quantitative estimate of drug-likeness (QED) is 0.817. The van der Waals surface area contributed by atoms with Gasteiger partial charge in [0.25, 0.3) is 0 Å². The number of aromatic nitrogens is 2. The summed E-state index contributed by atoms with van der Waals surface area (Å²) in [4.78, 5) is 18.6. The Morgan fingerprint density at radius 3 is 2.45 bits per heavy atom. The summed E-state index contributed by atoms with van der Waals surface area (Å²) in [5.41, 5.74) is 0.940. The lowest BCUT2D eigenvalue weighted by Gasteiger charge is -2.24. The smallest absolute Gasteiger partial charge is 0.356 e. The predicted octanol–water partition coefficient (Wildman–Crippen LogP) is 3.13. The summed E-state index contributed by atoms with van der Waals surface area (Å²) in [5, 5.41) is 12.0. The van der Waals surface area contributed by atoms with E-state index in [0.29, 0.717) is 5.82 Å². The van der Waals surface area contributed by atoms with Crippen LogP contribution in [0.5, 0.6) is 0 Å². The second-order valence-corrected chi connectivity index (χ2v) is 5.65. The summed E-state index contributed by atoms with van der Waals surface area (Å²) >= 11 is 3.40. The van der Waals surface area contributed by atoms with Crippen LogP contribution >= 0.6 is 15.9 Å². The van der Waals surface area contributed by atoms with Crippen molar-refractivity contribution in [2.45, 2.75) is 19.1 Å². The van der Waals surface area contributed by atoms with Gasteiger partial charge in [0.1, 0.15) is 11.9 Å². The van der Waals surface area contributed by atoms with Crippen LogP contribution in [0.15, 0.2) is 41.1 Å². The van der Waals surface area contributed by atoms with E-state index in [2.05, 4.69) is 31.2 Å². The first-order chi connectivity index (χ1) is 10.5. The highest BCUT2D eigenvalue weighted by atomic mass is 79.9. The normalized spacial score (nSPS) is 13.4. The lowest BCUT2D eigenvalue weighted by molar-refractivity contribution is 0.0690. The molecule has 0 aliphatic carbocycles. The number of nitrogens with zero attached hydrogens (tertiary/aromatic N) is 2. The number of rotatable bonds is 6. The first kappa shape index (κ1) is 16.4. The molecule has 1 heterocycles. The molecule has 0 saturated carbocycles. The molecule has 116 valence electrons. The fourth-order valence-electron chi connectivity index (χ4n) is 2.10. The van der Waals surface area contributed by atoms with Gasteiger partial charge in [0.15, 0.2) is 5.69 Å². The average Bonchev–Trinajstić information content (AvgIpc) is 2.50. The molecule has 2 aromatic rings. The second kappa shape index (κ2) is 7.33. The van der Waals surface area contributed by atoms with Crippen molar-refractivity contribution in [1.82, 2.24) is 9.97 Å². The average molecular weight is 366 g/mol. The van der Waals surface area contributed by atoms with E-state index >= 15 is 0 Å². The zero-order valence-corrected chi connectivity index (χ0v) is 13.7. The van der Waals surface area contributed by atoms with Gasteiger partial charge in [-0.1, -0.05) is 28.1 Å². The van der Waals surface area contributed by atoms with Gasteiger partial charge in [-0.25, -0.2) is 14.8 Å². The van der Waals surface area contributed by atoms with E-state index in [1.807, 2.05) is 31.2 Å². The number of methoxy groups -OCH3 is 1. The van der Waals surface area contributed by atoms with Crippen LogP contribution < -0.4 is 5.32 Å². The van der Waals surface area contributed by atoms with Gasteiger partial charge in [-0.2, -0.15) is 0 Å². The van der Waals surface area contributed by atoms with Crippen LogP contribution in [0.4, 0.5) is 5.82 Å². The number of nitrogens with one attached hydrogen (secondary N) is 1. The first-order valence-electron chi connectivity index (χ1n) is 6.61. The Kier molecular flexibility index (Phi) is 5.46. The first-order valence-corrected chi connectivity index (χ1v) is 7.40. The van der Waals surface area contributed by atoms with Crippen LogP contribution in [-0.4, -0.2) is 34.2 Å². The number of halogens is 1. The summed E-state index contributed by atoms with van der Waals surface area (Å²) in [7, 11) is 1.64. The Balaban J connectivity index is 2.10. The van der Waals surface area contributed by atoms with E-state index < -0.39 is 5.97 Å². The number of ether oxygens (including phenoxy) is 1. The van der Waals surface area contributed by atoms with Gasteiger partial charge in [-0.05, 0) is 24.6 Å². The van der Waals surface area contributed by atoms with E-state index in [4.69, 9.17) is 9.84 Å². The molecule has 0 fully saturated rings. The van der Waals surface area contributed by atoms with Gasteiger partial charge >= 0.3 is 5.97 Å². The molecule has 0 aliphatic rings. The molecule has 0 aliphatic heterocycles. The number of hydrogen-bond donors (Lipinski definition) is 2. The van der Waals surface area contributed by atoms with Crippen LogP contribution in [0.25, 0.3) is 0 Å². The monoisotopic (exact) mass is 365 g/mol. The zero-order valence-electron chi connectivity index (χ0n) is 12.2. The molecule has 22 heavy (non-hydrogen) atoms. The SMILES string of the molecule is COC(c1ccc(Br)cc1)C(C)Nc1cnc(C(=O)O)cn1. The van der Waals surface area contributed by atoms with Gasteiger partial charge in [-0.3, -0.25) is 0 Å². The van der Waals surface area contributed by atoms with Gasteiger partial charge in [0.2, 0.25) is 0 Å². The lowest BCUT2D eigenvalue weighted by Crippen LogP contribution is -2.26. The maximum atomic E-state index is 10.8. The molecule has 0 saturated heterocycles. The number of aromatic carboxylic acids is 1. The predicted molar refractivity (Wildman–Crippen MR) is 86.0 cm³/mol. The molecule has 2 unspecified atom stereocenters. The Morgan fingerprint density at radius 2 is 1.95 bits per heavy atom. The molecule has 2 atom stereocenters. The van der Waals surface area contributed by atoms with Gasteiger partial charge in [0, 0.05) is 11.6 Å². The van der Waals surface area contributed by atoms with Crippen molar-refractivity contribution in [3.05, 3.63) is 52.4 Å². The summed E-state index contributed by atoms with van der Waals surface area (Å²) in [6.45, 7) is 1.96. The molecule has 1 aromatic heterocycles. The minimum absolute atomic E-state index is 0.0730. The van der Waals surface area contributed by atoms with Crippen molar-refractivity contribution in [2.24, 2.45) is 0 Å². The van der Waals surface area contributed by atoms with Crippen LogP contribution in [0.2, 0.25) is 0 Å². The maximum Gasteiger partial charge on any atom is 0.356 e. The van der Waals surface area contributed by atoms with Crippen LogP contribution in [0.1, 0.15) is 29.1 Å². The van der Waals surface area contributed by atoms with Gasteiger partial charge in [0.05, 0.1) is 18.4 Å². The summed E-state index contributed by atoms with van der Waals surface area (Å²) in [6, 6.07) is 7.80. The maximum absolute atomic E-state index is 10.8. The number of hydrogen-bond acceptors (Lipinski definition) is 5.